The van der Waals surface area contributed by atoms with Gasteiger partial charge < -0.3 is 10.1 Å². The molecular weight excluding hydrogens is 445 g/mol. The molecule has 0 saturated heterocycles. The Kier molecular flexibility index (Phi) is 7.27. The highest BCUT2D eigenvalue weighted by Gasteiger charge is 2.24. The monoisotopic (exact) mass is 467 g/mol. The number of sulfone groups is 1. The molecule has 31 heavy (non-hydrogen) atoms. The van der Waals surface area contributed by atoms with Crippen molar-refractivity contribution in [2.75, 3.05) is 6.26 Å². The number of carbonyl (C=O) groups excluding carboxylic acids is 1. The zero-order valence-corrected chi connectivity index (χ0v) is 18.7. The van der Waals surface area contributed by atoms with Crippen LogP contribution in [0.2, 0.25) is 5.02 Å². The van der Waals surface area contributed by atoms with Gasteiger partial charge in [0.2, 0.25) is 5.88 Å². The predicted octanol–water partition coefficient (Wildman–Crippen LogP) is 4.40. The van der Waals surface area contributed by atoms with Crippen LogP contribution < -0.4 is 10.1 Å². The summed E-state index contributed by atoms with van der Waals surface area (Å²) >= 11 is 5.91. The maximum atomic E-state index is 13.7. The summed E-state index contributed by atoms with van der Waals surface area (Å²) in [6.07, 6.45) is 7.84. The van der Waals surface area contributed by atoms with Gasteiger partial charge in [-0.3, -0.25) is 4.79 Å². The number of amides is 1. The minimum atomic E-state index is -3.32. The number of carbonyl (C=O) groups is 1. The molecule has 1 unspecified atom stereocenters. The largest absolute Gasteiger partial charge is 0.438 e. The van der Waals surface area contributed by atoms with E-state index in [0.29, 0.717) is 5.82 Å². The summed E-state index contributed by atoms with van der Waals surface area (Å²) in [5.74, 6) is -0.321. The van der Waals surface area contributed by atoms with Crippen molar-refractivity contribution in [3.05, 3.63) is 58.1 Å². The highest BCUT2D eigenvalue weighted by molar-refractivity contribution is 7.93. The van der Waals surface area contributed by atoms with Gasteiger partial charge in [0, 0.05) is 40.9 Å². The van der Waals surface area contributed by atoms with Gasteiger partial charge in [-0.15, -0.1) is 0 Å². The number of aromatic nitrogens is 2. The molecule has 10 heteroatoms. The molecule has 1 aliphatic carbocycles. The molecule has 1 N–H and O–H groups in total. The molecule has 3 rings (SSSR count). The Hall–Kier alpha value is -2.52. The predicted molar refractivity (Wildman–Crippen MR) is 116 cm³/mol. The summed E-state index contributed by atoms with van der Waals surface area (Å²) in [7, 11) is -3.32. The topological polar surface area (TPSA) is 98.2 Å². The first-order valence-corrected chi connectivity index (χ1v) is 12.1. The lowest BCUT2D eigenvalue weighted by Gasteiger charge is -2.15. The van der Waals surface area contributed by atoms with Crippen molar-refractivity contribution in [2.24, 2.45) is 0 Å². The highest BCUT2D eigenvalue weighted by atomic mass is 35.5. The molecule has 1 saturated carbocycles. The molecule has 0 bridgehead atoms. The normalized spacial score (nSPS) is 15.9. The van der Waals surface area contributed by atoms with Gasteiger partial charge in [0.25, 0.3) is 5.91 Å². The van der Waals surface area contributed by atoms with Crippen molar-refractivity contribution in [1.82, 2.24) is 15.3 Å². The van der Waals surface area contributed by atoms with E-state index in [1.165, 1.54) is 18.3 Å². The van der Waals surface area contributed by atoms with Crippen LogP contribution in [0.5, 0.6) is 11.6 Å². The number of rotatable bonds is 7. The zero-order valence-electron chi connectivity index (χ0n) is 17.1. The van der Waals surface area contributed by atoms with Crippen molar-refractivity contribution < 1.29 is 22.3 Å². The third-order valence-electron chi connectivity index (χ3n) is 4.76. The van der Waals surface area contributed by atoms with E-state index in [1.54, 1.807) is 6.92 Å². The van der Waals surface area contributed by atoms with E-state index >= 15 is 0 Å². The van der Waals surface area contributed by atoms with Crippen LogP contribution in [0.25, 0.3) is 0 Å². The van der Waals surface area contributed by atoms with E-state index in [9.17, 15) is 17.6 Å². The first kappa shape index (κ1) is 23.1. The third-order valence-corrected chi connectivity index (χ3v) is 5.63. The average Bonchev–Trinajstić information content (AvgIpc) is 3.19. The lowest BCUT2D eigenvalue weighted by molar-refractivity contribution is 0.0943. The van der Waals surface area contributed by atoms with Crippen LogP contribution in [0.3, 0.4) is 0 Å². The molecule has 1 atom stereocenters. The first-order valence-electron chi connectivity index (χ1n) is 9.81. The van der Waals surface area contributed by atoms with Gasteiger partial charge in [0.05, 0.1) is 0 Å². The van der Waals surface area contributed by atoms with Gasteiger partial charge >= 0.3 is 0 Å². The van der Waals surface area contributed by atoms with E-state index in [0.717, 1.165) is 49.5 Å². The smallest absolute Gasteiger partial charge is 0.258 e. The number of nitrogens with zero attached hydrogens (tertiary/aromatic N) is 2. The van der Waals surface area contributed by atoms with Gasteiger partial charge in [-0.1, -0.05) is 30.5 Å². The van der Waals surface area contributed by atoms with Gasteiger partial charge in [-0.05, 0) is 31.9 Å². The van der Waals surface area contributed by atoms with Crippen LogP contribution in [0.15, 0.2) is 35.9 Å². The Labute approximate surface area is 185 Å². The fourth-order valence-electron chi connectivity index (χ4n) is 3.29. The molecule has 0 radical (unpaired) electrons. The Morgan fingerprint density at radius 2 is 2.03 bits per heavy atom. The van der Waals surface area contributed by atoms with Gasteiger partial charge in [-0.25, -0.2) is 17.8 Å². The standard InChI is InChI=1S/C21H23ClFN3O4S/c1-13(7-8-31(2,28)29)25-20(27)18-12-24-19(14-5-3-4-6-14)26-21(18)30-17-10-15(22)9-16(23)11-17/h7-14H,3-6H2,1-2H3,(H,25,27)/b8-7+. The maximum absolute atomic E-state index is 13.7. The molecule has 1 aliphatic rings. The van der Waals surface area contributed by atoms with E-state index in [2.05, 4.69) is 15.3 Å². The van der Waals surface area contributed by atoms with Crippen LogP contribution in [-0.4, -0.2) is 36.6 Å². The summed E-state index contributed by atoms with van der Waals surface area (Å²) in [4.78, 5) is 21.6. The highest BCUT2D eigenvalue weighted by Crippen LogP contribution is 2.34. The van der Waals surface area contributed by atoms with Crippen LogP contribution in [0, 0.1) is 5.82 Å². The summed E-state index contributed by atoms with van der Waals surface area (Å²) in [5.41, 5.74) is 0.0433. The minimum Gasteiger partial charge on any atom is -0.438 e. The van der Waals surface area contributed by atoms with Gasteiger partial charge in [0.15, 0.2) is 9.84 Å². The molecule has 0 spiro atoms. The molecule has 0 aliphatic heterocycles. The van der Waals surface area contributed by atoms with E-state index in [-0.39, 0.29) is 28.1 Å². The Bertz CT molecular complexity index is 1080. The Morgan fingerprint density at radius 3 is 2.68 bits per heavy atom. The van der Waals surface area contributed by atoms with Crippen LogP contribution in [0.4, 0.5) is 4.39 Å². The maximum Gasteiger partial charge on any atom is 0.258 e. The van der Waals surface area contributed by atoms with Crippen molar-refractivity contribution in [1.29, 1.82) is 0 Å². The number of benzene rings is 1. The van der Waals surface area contributed by atoms with Crippen molar-refractivity contribution in [3.8, 4) is 11.6 Å². The van der Waals surface area contributed by atoms with Crippen LogP contribution >= 0.6 is 11.6 Å². The molecule has 1 amide bonds. The molecule has 7 nitrogen and oxygen atoms in total. The SMILES string of the molecule is CC(/C=C/S(C)(=O)=O)NC(=O)c1cnc(C2CCCC2)nc1Oc1cc(F)cc(Cl)c1. The minimum absolute atomic E-state index is 0.0182. The van der Waals surface area contributed by atoms with Crippen molar-refractivity contribution >= 4 is 27.3 Å². The summed E-state index contributed by atoms with van der Waals surface area (Å²) in [6, 6.07) is 3.12. The lowest BCUT2D eigenvalue weighted by atomic mass is 10.1. The second kappa shape index (κ2) is 9.74. The number of hydrogen-bond donors (Lipinski definition) is 1. The molecule has 1 aromatic heterocycles. The Balaban J connectivity index is 1.90. The summed E-state index contributed by atoms with van der Waals surface area (Å²) in [6.45, 7) is 1.63. The van der Waals surface area contributed by atoms with Crippen molar-refractivity contribution in [2.45, 2.75) is 44.6 Å². The molecule has 1 heterocycles. The van der Waals surface area contributed by atoms with Crippen molar-refractivity contribution in [3.63, 3.8) is 0 Å². The molecule has 1 fully saturated rings. The third kappa shape index (κ3) is 6.73. The van der Waals surface area contributed by atoms with E-state index in [4.69, 9.17) is 16.3 Å². The second-order valence-corrected chi connectivity index (χ2v) is 9.92. The molecule has 2 aromatic rings. The fraction of sp³-hybridized carbons (Fsp3) is 0.381. The van der Waals surface area contributed by atoms with Crippen LogP contribution in [-0.2, 0) is 9.84 Å². The second-order valence-electron chi connectivity index (χ2n) is 7.56. The van der Waals surface area contributed by atoms with Gasteiger partial charge in [0.1, 0.15) is 23.0 Å². The lowest BCUT2D eigenvalue weighted by Crippen LogP contribution is -2.31. The number of halogens is 2. The van der Waals surface area contributed by atoms with E-state index in [1.807, 2.05) is 0 Å². The summed E-state index contributed by atoms with van der Waals surface area (Å²) < 4.78 is 42.0. The first-order chi connectivity index (χ1) is 14.6. The van der Waals surface area contributed by atoms with Crippen LogP contribution in [0.1, 0.15) is 54.7 Å². The zero-order chi connectivity index (χ0) is 22.6. The molecule has 166 valence electrons. The summed E-state index contributed by atoms with van der Waals surface area (Å²) in [5, 5.41) is 3.82. The Morgan fingerprint density at radius 1 is 1.32 bits per heavy atom. The quantitative estimate of drug-likeness (QED) is 0.648. The number of hydrogen-bond acceptors (Lipinski definition) is 6. The van der Waals surface area contributed by atoms with E-state index < -0.39 is 27.6 Å². The number of ether oxygens (including phenoxy) is 1. The molecule has 1 aromatic carbocycles. The average molecular weight is 468 g/mol. The fourth-order valence-corrected chi connectivity index (χ4v) is 4.02. The van der Waals surface area contributed by atoms with Gasteiger partial charge in [-0.2, -0.15) is 4.98 Å². The molecular formula is C21H23ClFN3O4S. The number of nitrogens with one attached hydrogen (secondary N) is 1.